The van der Waals surface area contributed by atoms with Crippen LogP contribution in [0.3, 0.4) is 0 Å². The number of benzene rings is 7. The Morgan fingerprint density at radius 1 is 0.526 bits per heavy atom. The molecule has 57 heavy (non-hydrogen) atoms. The number of para-hydroxylation sites is 4. The van der Waals surface area contributed by atoms with E-state index in [1.165, 1.54) is 60.7 Å². The Labute approximate surface area is 332 Å². The van der Waals surface area contributed by atoms with Gasteiger partial charge in [-0.25, -0.2) is 0 Å². The van der Waals surface area contributed by atoms with Gasteiger partial charge in [-0.3, -0.25) is 0 Å². The van der Waals surface area contributed by atoms with Gasteiger partial charge >= 0.3 is 6.85 Å². The Hall–Kier alpha value is -6.40. The number of anilines is 2. The Kier molecular flexibility index (Phi) is 6.28. The fourth-order valence-corrected chi connectivity index (χ4v) is 9.74. The largest absolute Gasteiger partial charge is 0.454 e. The van der Waals surface area contributed by atoms with E-state index < -0.39 is 0 Å². The quantitative estimate of drug-likeness (QED) is 0.157. The fraction of sp³-hybridized carbons (Fsp3) is 0.176. The Bertz CT molecular complexity index is 3250. The molecule has 9 aromatic rings. The molecule has 0 bridgehead atoms. The number of hydrogen-bond donors (Lipinski definition) is 0. The summed E-state index contributed by atoms with van der Waals surface area (Å²) in [5.41, 5.74) is 16.1. The van der Waals surface area contributed by atoms with E-state index in [1.807, 2.05) is 30.3 Å². The third kappa shape index (κ3) is 4.47. The predicted molar refractivity (Wildman–Crippen MR) is 236 cm³/mol. The molecule has 12 rings (SSSR count). The first kappa shape index (κ1) is 32.8. The Morgan fingerprint density at radius 3 is 2.00 bits per heavy atom. The van der Waals surface area contributed by atoms with Gasteiger partial charge in [0.2, 0.25) is 0 Å². The molecule has 0 radical (unpaired) electrons. The lowest BCUT2D eigenvalue weighted by Gasteiger charge is -2.43. The van der Waals surface area contributed by atoms with Crippen molar-refractivity contribution in [3.05, 3.63) is 138 Å². The Morgan fingerprint density at radius 2 is 1.23 bits per heavy atom. The van der Waals surface area contributed by atoms with Crippen LogP contribution in [0.25, 0.3) is 60.6 Å². The minimum Gasteiger partial charge on any atom is -0.454 e. The predicted octanol–water partition coefficient (Wildman–Crippen LogP) is 12.7. The molecule has 0 N–H and O–H groups in total. The van der Waals surface area contributed by atoms with Crippen LogP contribution in [-0.2, 0) is 10.8 Å². The van der Waals surface area contributed by atoms with Crippen molar-refractivity contribution in [2.24, 2.45) is 0 Å². The van der Waals surface area contributed by atoms with Gasteiger partial charge in [0.15, 0.2) is 28.6 Å². The lowest BCUT2D eigenvalue weighted by Crippen LogP contribution is -2.61. The van der Waals surface area contributed by atoms with Crippen LogP contribution < -0.4 is 25.2 Å². The molecule has 0 saturated heterocycles. The molecule has 5 heterocycles. The number of aromatic nitrogens is 1. The second-order valence-electron chi connectivity index (χ2n) is 18.3. The van der Waals surface area contributed by atoms with E-state index >= 15 is 0 Å². The van der Waals surface area contributed by atoms with Gasteiger partial charge in [-0.15, -0.1) is 0 Å². The van der Waals surface area contributed by atoms with Gasteiger partial charge in [-0.1, -0.05) is 102 Å². The summed E-state index contributed by atoms with van der Waals surface area (Å²) in [7, 11) is 0. The zero-order valence-corrected chi connectivity index (χ0v) is 33.2. The van der Waals surface area contributed by atoms with Crippen molar-refractivity contribution < 1.29 is 13.9 Å². The van der Waals surface area contributed by atoms with Gasteiger partial charge < -0.3 is 23.3 Å². The van der Waals surface area contributed by atoms with Crippen LogP contribution >= 0.6 is 0 Å². The molecule has 276 valence electrons. The average molecular weight is 741 g/mol. The summed E-state index contributed by atoms with van der Waals surface area (Å²) in [5, 5.41) is 4.78. The van der Waals surface area contributed by atoms with Gasteiger partial charge in [0.1, 0.15) is 5.58 Å². The van der Waals surface area contributed by atoms with Crippen molar-refractivity contribution in [3.63, 3.8) is 0 Å². The molecule has 0 amide bonds. The van der Waals surface area contributed by atoms with Crippen LogP contribution in [0.1, 0.15) is 58.2 Å². The highest BCUT2D eigenvalue weighted by Gasteiger charge is 2.46. The molecule has 5 nitrogen and oxygen atoms in total. The molecule has 3 aliphatic heterocycles. The molecular formula is C51H41BN2O3. The number of ether oxygens (including phenoxy) is 2. The summed E-state index contributed by atoms with van der Waals surface area (Å²) in [6.07, 6.45) is 0. The molecular weight excluding hydrogens is 699 g/mol. The van der Waals surface area contributed by atoms with Crippen LogP contribution in [-0.4, -0.2) is 11.4 Å². The summed E-state index contributed by atoms with van der Waals surface area (Å²) in [6, 6.07) is 44.1. The second-order valence-corrected chi connectivity index (χ2v) is 18.3. The zero-order chi connectivity index (χ0) is 38.7. The molecule has 0 spiro atoms. The highest BCUT2D eigenvalue weighted by Crippen LogP contribution is 2.54. The van der Waals surface area contributed by atoms with Gasteiger partial charge in [-0.05, 0) is 106 Å². The number of furan rings is 1. The molecule has 6 heteroatoms. The maximum absolute atomic E-state index is 6.87. The third-order valence-electron chi connectivity index (χ3n) is 12.5. The van der Waals surface area contributed by atoms with Crippen LogP contribution in [0.4, 0.5) is 11.4 Å². The normalized spacial score (nSPS) is 14.1. The smallest absolute Gasteiger partial charge is 0.333 e. The average Bonchev–Trinajstić information content (AvgIpc) is 3.73. The Balaban J connectivity index is 1.25. The zero-order valence-electron chi connectivity index (χ0n) is 33.2. The molecule has 2 aromatic heterocycles. The van der Waals surface area contributed by atoms with Gasteiger partial charge in [0.05, 0.1) is 16.7 Å². The maximum Gasteiger partial charge on any atom is 0.333 e. The van der Waals surface area contributed by atoms with E-state index in [-0.39, 0.29) is 17.7 Å². The van der Waals surface area contributed by atoms with Gasteiger partial charge in [0.25, 0.3) is 0 Å². The van der Waals surface area contributed by atoms with Crippen LogP contribution in [0.15, 0.2) is 126 Å². The summed E-state index contributed by atoms with van der Waals surface area (Å²) in [4.78, 5) is 2.54. The number of fused-ring (bicyclic) bond motifs is 12. The minimum atomic E-state index is -0.180. The van der Waals surface area contributed by atoms with Crippen molar-refractivity contribution in [3.8, 4) is 39.8 Å². The van der Waals surface area contributed by atoms with Crippen LogP contribution in [0.5, 0.6) is 23.0 Å². The van der Waals surface area contributed by atoms with Gasteiger partial charge in [-0.2, -0.15) is 0 Å². The van der Waals surface area contributed by atoms with Crippen molar-refractivity contribution in [1.82, 2.24) is 4.57 Å². The highest BCUT2D eigenvalue weighted by molar-refractivity contribution is 6.93. The van der Waals surface area contributed by atoms with E-state index in [0.717, 1.165) is 38.9 Å². The number of rotatable bonds is 1. The molecule has 0 fully saturated rings. The maximum atomic E-state index is 6.87. The molecule has 0 unspecified atom stereocenters. The molecule has 0 aliphatic carbocycles. The van der Waals surface area contributed by atoms with E-state index in [4.69, 9.17) is 13.9 Å². The van der Waals surface area contributed by atoms with Crippen molar-refractivity contribution in [1.29, 1.82) is 0 Å². The first-order valence-electron chi connectivity index (χ1n) is 20.0. The third-order valence-corrected chi connectivity index (χ3v) is 12.5. The number of aryl methyl sites for hydroxylation is 1. The van der Waals surface area contributed by atoms with Crippen LogP contribution in [0.2, 0.25) is 0 Å². The lowest BCUT2D eigenvalue weighted by molar-refractivity contribution is 0.360. The standard InChI is InChI=1S/C51H41BN2O3/c1-28-21-35-34-26-45-46(56-44-18-11-10-17-43(44)55-45)27-40(34)54(39-15-12-14-32-31-13-8-9-16-42(31)57-49(32)39)52-37-25-30(51(5,6)7)24-36-33-23-29(50(2,3)4)19-20-38(33)53(48(36)37)41(22-28)47(35)52/h8-27H,1-7H3. The summed E-state index contributed by atoms with van der Waals surface area (Å²) in [5.74, 6) is 2.83. The van der Waals surface area contributed by atoms with Crippen molar-refractivity contribution in [2.45, 2.75) is 59.3 Å². The minimum absolute atomic E-state index is 0.00694. The summed E-state index contributed by atoms with van der Waals surface area (Å²) in [6.45, 7) is 15.9. The molecule has 3 aliphatic rings. The second kappa shape index (κ2) is 10.9. The molecule has 0 atom stereocenters. The fourth-order valence-electron chi connectivity index (χ4n) is 9.74. The van der Waals surface area contributed by atoms with Gasteiger partial charge in [0, 0.05) is 44.5 Å². The van der Waals surface area contributed by atoms with E-state index in [0.29, 0.717) is 23.0 Å². The van der Waals surface area contributed by atoms with E-state index in [9.17, 15) is 0 Å². The highest BCUT2D eigenvalue weighted by atomic mass is 16.6. The first-order chi connectivity index (χ1) is 27.4. The van der Waals surface area contributed by atoms with E-state index in [1.54, 1.807) is 0 Å². The topological polar surface area (TPSA) is 39.8 Å². The monoisotopic (exact) mass is 740 g/mol. The summed E-state index contributed by atoms with van der Waals surface area (Å²) < 4.78 is 22.7. The SMILES string of the molecule is Cc1cc2c3c(c1)-n1c4ccc(C(C)(C)C)cc4c4cc(C(C)(C)C)cc(c41)B3N(c1cccc3c1oc1ccccc13)c1cc3c(cc1-2)Oc1ccccc1O3. The lowest BCUT2D eigenvalue weighted by atomic mass is 9.43. The number of nitrogens with zero attached hydrogens (tertiary/aromatic N) is 2. The van der Waals surface area contributed by atoms with Crippen LogP contribution in [0, 0.1) is 6.92 Å². The van der Waals surface area contributed by atoms with Crippen molar-refractivity contribution >= 4 is 72.9 Å². The first-order valence-corrected chi connectivity index (χ1v) is 20.0. The molecule has 0 saturated carbocycles. The molecule has 7 aromatic carbocycles. The van der Waals surface area contributed by atoms with E-state index in [2.05, 4.69) is 149 Å². The summed E-state index contributed by atoms with van der Waals surface area (Å²) >= 11 is 0. The number of hydrogen-bond acceptors (Lipinski definition) is 4. The van der Waals surface area contributed by atoms with Crippen molar-refractivity contribution in [2.75, 3.05) is 4.81 Å².